The lowest BCUT2D eigenvalue weighted by molar-refractivity contribution is 0.101. The third-order valence-corrected chi connectivity index (χ3v) is 1.93. The first-order chi connectivity index (χ1) is 5.65. The molecule has 12 heavy (non-hydrogen) atoms. The number of aromatic nitrogens is 1. The maximum absolute atomic E-state index is 11.0. The van der Waals surface area contributed by atoms with E-state index in [1.807, 2.05) is 13.0 Å². The van der Waals surface area contributed by atoms with E-state index in [-0.39, 0.29) is 5.78 Å². The van der Waals surface area contributed by atoms with Gasteiger partial charge in [-0.25, -0.2) is 0 Å². The van der Waals surface area contributed by atoms with Gasteiger partial charge in [-0.05, 0) is 18.1 Å². The molecule has 0 N–H and O–H groups in total. The van der Waals surface area contributed by atoms with Gasteiger partial charge in [0.25, 0.3) is 0 Å². The molecule has 0 aliphatic carbocycles. The molecular weight excluding hydrogens is 174 g/mol. The fourth-order valence-electron chi connectivity index (χ4n) is 1.07. The van der Waals surface area contributed by atoms with E-state index in [9.17, 15) is 4.79 Å². The lowest BCUT2D eigenvalue weighted by Crippen LogP contribution is -2.00. The largest absolute Gasteiger partial charge is 0.293 e. The van der Waals surface area contributed by atoms with E-state index in [0.717, 1.165) is 11.1 Å². The predicted molar refractivity (Wildman–Crippen MR) is 48.5 cm³/mol. The van der Waals surface area contributed by atoms with Crippen LogP contribution in [-0.2, 0) is 5.88 Å². The van der Waals surface area contributed by atoms with Crippen LogP contribution >= 0.6 is 11.6 Å². The first-order valence-electron chi connectivity index (χ1n) is 3.67. The predicted octanol–water partition coefficient (Wildman–Crippen LogP) is 2.33. The fraction of sp³-hybridized carbons (Fsp3) is 0.333. The molecular formula is C9H10ClNO. The monoisotopic (exact) mass is 183 g/mol. The molecule has 1 aromatic heterocycles. The highest BCUT2D eigenvalue weighted by molar-refractivity contribution is 6.17. The third-order valence-electron chi connectivity index (χ3n) is 1.62. The fourth-order valence-corrected chi connectivity index (χ4v) is 1.22. The summed E-state index contributed by atoms with van der Waals surface area (Å²) in [4.78, 5) is 15.0. The number of carbonyl (C=O) groups is 1. The molecule has 0 bridgehead atoms. The highest BCUT2D eigenvalue weighted by Gasteiger charge is 2.05. The first-order valence-corrected chi connectivity index (χ1v) is 4.21. The van der Waals surface area contributed by atoms with Crippen LogP contribution in [0.2, 0.25) is 0 Å². The van der Waals surface area contributed by atoms with E-state index < -0.39 is 0 Å². The van der Waals surface area contributed by atoms with Crippen LogP contribution in [0.15, 0.2) is 12.3 Å². The Labute approximate surface area is 76.6 Å². The van der Waals surface area contributed by atoms with Crippen LogP contribution in [0.5, 0.6) is 0 Å². The highest BCUT2D eigenvalue weighted by atomic mass is 35.5. The van der Waals surface area contributed by atoms with E-state index in [0.29, 0.717) is 11.6 Å². The molecule has 1 heterocycles. The summed E-state index contributed by atoms with van der Waals surface area (Å²) in [5, 5.41) is 0. The Morgan fingerprint density at radius 3 is 2.75 bits per heavy atom. The van der Waals surface area contributed by atoms with Crippen LogP contribution in [0.1, 0.15) is 28.5 Å². The van der Waals surface area contributed by atoms with Crippen LogP contribution in [0.3, 0.4) is 0 Å². The van der Waals surface area contributed by atoms with Crippen molar-refractivity contribution in [1.82, 2.24) is 4.98 Å². The van der Waals surface area contributed by atoms with Crippen molar-refractivity contribution in [1.29, 1.82) is 0 Å². The van der Waals surface area contributed by atoms with Crippen molar-refractivity contribution >= 4 is 17.4 Å². The standard InChI is InChI=1S/C9H10ClNO/c1-6-3-8(4-10)5-11-9(6)7(2)12/h3,5H,4H2,1-2H3. The smallest absolute Gasteiger partial charge is 0.178 e. The zero-order valence-corrected chi connectivity index (χ0v) is 7.85. The van der Waals surface area contributed by atoms with Crippen LogP contribution in [0.25, 0.3) is 0 Å². The van der Waals surface area contributed by atoms with Crippen LogP contribution in [0, 0.1) is 6.92 Å². The number of halogens is 1. The Bertz CT molecular complexity index is 309. The zero-order chi connectivity index (χ0) is 9.14. The normalized spacial score (nSPS) is 9.92. The van der Waals surface area contributed by atoms with Gasteiger partial charge in [0, 0.05) is 19.0 Å². The highest BCUT2D eigenvalue weighted by Crippen LogP contribution is 2.09. The van der Waals surface area contributed by atoms with Crippen molar-refractivity contribution in [3.8, 4) is 0 Å². The summed E-state index contributed by atoms with van der Waals surface area (Å²) < 4.78 is 0. The summed E-state index contributed by atoms with van der Waals surface area (Å²) in [5.41, 5.74) is 2.36. The van der Waals surface area contributed by atoms with Crippen molar-refractivity contribution in [2.45, 2.75) is 19.7 Å². The average molecular weight is 184 g/mol. The molecule has 0 aromatic carbocycles. The number of rotatable bonds is 2. The molecule has 0 spiro atoms. The van der Waals surface area contributed by atoms with Gasteiger partial charge in [-0.3, -0.25) is 9.78 Å². The Kier molecular flexibility index (Phi) is 2.82. The van der Waals surface area contributed by atoms with E-state index in [4.69, 9.17) is 11.6 Å². The Morgan fingerprint density at radius 1 is 1.67 bits per heavy atom. The minimum atomic E-state index is -0.00591. The van der Waals surface area contributed by atoms with Crippen molar-refractivity contribution < 1.29 is 4.79 Å². The van der Waals surface area contributed by atoms with E-state index in [1.165, 1.54) is 6.92 Å². The lowest BCUT2D eigenvalue weighted by Gasteiger charge is -2.01. The van der Waals surface area contributed by atoms with Gasteiger partial charge in [-0.2, -0.15) is 0 Å². The van der Waals surface area contributed by atoms with Gasteiger partial charge in [-0.15, -0.1) is 11.6 Å². The minimum Gasteiger partial charge on any atom is -0.293 e. The number of ketones is 1. The number of aryl methyl sites for hydroxylation is 1. The Balaban J connectivity index is 3.12. The summed E-state index contributed by atoms with van der Waals surface area (Å²) in [7, 11) is 0. The summed E-state index contributed by atoms with van der Waals surface area (Å²) in [5.74, 6) is 0.431. The molecule has 0 radical (unpaired) electrons. The van der Waals surface area contributed by atoms with Gasteiger partial charge in [0.15, 0.2) is 5.78 Å². The molecule has 0 unspecified atom stereocenters. The number of hydrogen-bond donors (Lipinski definition) is 0. The number of Topliss-reactive ketones (excluding diaryl/α,β-unsaturated/α-hetero) is 1. The number of nitrogens with zero attached hydrogens (tertiary/aromatic N) is 1. The second kappa shape index (κ2) is 3.68. The van der Waals surface area contributed by atoms with Crippen LogP contribution < -0.4 is 0 Å². The molecule has 64 valence electrons. The average Bonchev–Trinajstić information content (AvgIpc) is 2.03. The number of hydrogen-bond acceptors (Lipinski definition) is 2. The third kappa shape index (κ3) is 1.83. The lowest BCUT2D eigenvalue weighted by atomic mass is 10.1. The minimum absolute atomic E-state index is 0.00591. The number of pyridine rings is 1. The molecule has 1 aromatic rings. The molecule has 0 saturated carbocycles. The molecule has 3 heteroatoms. The van der Waals surface area contributed by atoms with Crippen LogP contribution in [-0.4, -0.2) is 10.8 Å². The van der Waals surface area contributed by atoms with Gasteiger partial charge >= 0.3 is 0 Å². The van der Waals surface area contributed by atoms with Crippen molar-refractivity contribution in [2.24, 2.45) is 0 Å². The summed E-state index contributed by atoms with van der Waals surface area (Å²) in [6.45, 7) is 3.37. The van der Waals surface area contributed by atoms with Gasteiger partial charge in [0.05, 0.1) is 0 Å². The molecule has 0 atom stereocenters. The second-order valence-electron chi connectivity index (χ2n) is 2.70. The van der Waals surface area contributed by atoms with Gasteiger partial charge in [0.1, 0.15) is 5.69 Å². The molecule has 0 saturated heterocycles. The van der Waals surface area contributed by atoms with Crippen molar-refractivity contribution in [2.75, 3.05) is 0 Å². The summed E-state index contributed by atoms with van der Waals surface area (Å²) in [6.07, 6.45) is 1.64. The summed E-state index contributed by atoms with van der Waals surface area (Å²) >= 11 is 5.61. The maximum Gasteiger partial charge on any atom is 0.178 e. The van der Waals surface area contributed by atoms with Crippen LogP contribution in [0.4, 0.5) is 0 Å². The van der Waals surface area contributed by atoms with E-state index >= 15 is 0 Å². The SMILES string of the molecule is CC(=O)c1ncc(CCl)cc1C. The topological polar surface area (TPSA) is 30.0 Å². The number of carbonyl (C=O) groups excluding carboxylic acids is 1. The molecule has 2 nitrogen and oxygen atoms in total. The van der Waals surface area contributed by atoms with Crippen molar-refractivity contribution in [3.63, 3.8) is 0 Å². The quantitative estimate of drug-likeness (QED) is 0.521. The van der Waals surface area contributed by atoms with Gasteiger partial charge < -0.3 is 0 Å². The second-order valence-corrected chi connectivity index (χ2v) is 2.97. The van der Waals surface area contributed by atoms with Crippen molar-refractivity contribution in [3.05, 3.63) is 29.1 Å². The van der Waals surface area contributed by atoms with E-state index in [2.05, 4.69) is 4.98 Å². The molecule has 1 rings (SSSR count). The Hall–Kier alpha value is -0.890. The zero-order valence-electron chi connectivity index (χ0n) is 7.10. The van der Waals surface area contributed by atoms with E-state index in [1.54, 1.807) is 6.20 Å². The molecule has 0 aliphatic heterocycles. The molecule has 0 fully saturated rings. The van der Waals surface area contributed by atoms with Gasteiger partial charge in [-0.1, -0.05) is 6.07 Å². The molecule has 0 aliphatic rings. The summed E-state index contributed by atoms with van der Waals surface area (Å²) in [6, 6.07) is 1.89. The Morgan fingerprint density at radius 2 is 2.33 bits per heavy atom. The first kappa shape index (κ1) is 9.20. The number of alkyl halides is 1. The molecule has 0 amide bonds. The van der Waals surface area contributed by atoms with Gasteiger partial charge in [0.2, 0.25) is 0 Å². The maximum atomic E-state index is 11.0.